The number of anilines is 2. The van der Waals surface area contributed by atoms with E-state index in [1.807, 2.05) is 6.07 Å². The van der Waals surface area contributed by atoms with Crippen LogP contribution in [0, 0.1) is 0 Å². The summed E-state index contributed by atoms with van der Waals surface area (Å²) in [6.07, 6.45) is 3.20. The Balaban J connectivity index is 2.03. The van der Waals surface area contributed by atoms with E-state index in [1.54, 1.807) is 12.4 Å². The Hall–Kier alpha value is -2.10. The Labute approximate surface area is 107 Å². The minimum atomic E-state index is 0.0321. The monoisotopic (exact) mass is 242 g/mol. The van der Waals surface area contributed by atoms with Crippen LogP contribution in [0.5, 0.6) is 0 Å². The highest BCUT2D eigenvalue weighted by Gasteiger charge is 2.19. The van der Waals surface area contributed by atoms with Crippen LogP contribution in [-0.2, 0) is 5.41 Å². The van der Waals surface area contributed by atoms with Crippen molar-refractivity contribution >= 4 is 11.6 Å². The van der Waals surface area contributed by atoms with E-state index in [0.29, 0.717) is 5.82 Å². The molecule has 1 aromatic carbocycles. The van der Waals surface area contributed by atoms with Crippen molar-refractivity contribution in [3.8, 4) is 0 Å². The van der Waals surface area contributed by atoms with Gasteiger partial charge in [0.25, 0.3) is 0 Å². The number of hydrogen-bond donors (Lipinski definition) is 2. The molecule has 2 aromatic rings. The second-order valence-corrected chi connectivity index (χ2v) is 4.93. The smallest absolute Gasteiger partial charge is 0.144 e. The summed E-state index contributed by atoms with van der Waals surface area (Å²) in [5.74, 6) is 1.18. The summed E-state index contributed by atoms with van der Waals surface area (Å²) < 4.78 is 0. The molecule has 2 rings (SSSR count). The van der Waals surface area contributed by atoms with Crippen molar-refractivity contribution in [2.75, 3.05) is 17.6 Å². The molecule has 0 saturated carbocycles. The molecule has 4 heteroatoms. The van der Waals surface area contributed by atoms with Crippen LogP contribution in [0.1, 0.15) is 19.4 Å². The Morgan fingerprint density at radius 3 is 2.44 bits per heavy atom. The van der Waals surface area contributed by atoms with Gasteiger partial charge in [-0.1, -0.05) is 44.2 Å². The molecule has 94 valence electrons. The van der Waals surface area contributed by atoms with E-state index in [0.717, 1.165) is 12.4 Å². The first kappa shape index (κ1) is 12.4. The summed E-state index contributed by atoms with van der Waals surface area (Å²) >= 11 is 0. The quantitative estimate of drug-likeness (QED) is 0.864. The van der Waals surface area contributed by atoms with Crippen molar-refractivity contribution in [3.63, 3.8) is 0 Å². The van der Waals surface area contributed by atoms with Gasteiger partial charge in [0.15, 0.2) is 0 Å². The molecule has 0 aliphatic heterocycles. The van der Waals surface area contributed by atoms with Crippen LogP contribution in [0.4, 0.5) is 11.6 Å². The lowest BCUT2D eigenvalue weighted by molar-refractivity contribution is 0.556. The van der Waals surface area contributed by atoms with Gasteiger partial charge in [-0.25, -0.2) is 9.97 Å². The Kier molecular flexibility index (Phi) is 3.46. The highest BCUT2D eigenvalue weighted by atomic mass is 15.0. The van der Waals surface area contributed by atoms with Crippen molar-refractivity contribution < 1.29 is 0 Å². The minimum absolute atomic E-state index is 0.0321. The van der Waals surface area contributed by atoms with Gasteiger partial charge < -0.3 is 11.1 Å². The molecule has 0 bridgehead atoms. The fourth-order valence-corrected chi connectivity index (χ4v) is 1.73. The van der Waals surface area contributed by atoms with Crippen LogP contribution >= 0.6 is 0 Å². The normalized spacial score (nSPS) is 11.2. The Morgan fingerprint density at radius 2 is 1.83 bits per heavy atom. The molecular weight excluding hydrogens is 224 g/mol. The summed E-state index contributed by atoms with van der Waals surface area (Å²) in [6.45, 7) is 5.18. The van der Waals surface area contributed by atoms with Gasteiger partial charge >= 0.3 is 0 Å². The molecule has 0 radical (unpaired) electrons. The lowest BCUT2D eigenvalue weighted by Crippen LogP contribution is -2.27. The number of hydrogen-bond acceptors (Lipinski definition) is 4. The first-order valence-electron chi connectivity index (χ1n) is 5.95. The standard InChI is InChI=1S/C14H18N4/c1-14(2,11-6-4-3-5-7-11)10-18-13-9-16-12(15)8-17-13/h3-9H,10H2,1-2H3,(H2,15,16)(H,17,18). The van der Waals surface area contributed by atoms with Crippen LogP contribution in [0.15, 0.2) is 42.7 Å². The summed E-state index contributed by atoms with van der Waals surface area (Å²) in [5.41, 5.74) is 6.82. The molecule has 18 heavy (non-hydrogen) atoms. The van der Waals surface area contributed by atoms with Crippen LogP contribution in [0.2, 0.25) is 0 Å². The lowest BCUT2D eigenvalue weighted by Gasteiger charge is -2.25. The number of nitrogens with zero attached hydrogens (tertiary/aromatic N) is 2. The third-order valence-electron chi connectivity index (χ3n) is 2.94. The molecule has 0 aliphatic carbocycles. The van der Waals surface area contributed by atoms with Crippen molar-refractivity contribution in [1.82, 2.24) is 9.97 Å². The minimum Gasteiger partial charge on any atom is -0.382 e. The van der Waals surface area contributed by atoms with E-state index in [9.17, 15) is 0 Å². The topological polar surface area (TPSA) is 63.8 Å². The van der Waals surface area contributed by atoms with Gasteiger partial charge in [-0.05, 0) is 5.56 Å². The first-order chi connectivity index (χ1) is 8.58. The van der Waals surface area contributed by atoms with E-state index in [-0.39, 0.29) is 5.41 Å². The molecule has 4 nitrogen and oxygen atoms in total. The zero-order chi connectivity index (χ0) is 13.0. The summed E-state index contributed by atoms with van der Waals surface area (Å²) in [4.78, 5) is 8.18. The molecule has 0 amide bonds. The molecule has 3 N–H and O–H groups in total. The fraction of sp³-hybridized carbons (Fsp3) is 0.286. The van der Waals surface area contributed by atoms with Gasteiger partial charge in [-0.3, -0.25) is 0 Å². The van der Waals surface area contributed by atoms with Gasteiger partial charge in [0.2, 0.25) is 0 Å². The van der Waals surface area contributed by atoms with Gasteiger partial charge in [-0.15, -0.1) is 0 Å². The van der Waals surface area contributed by atoms with Gasteiger partial charge in [0.05, 0.1) is 12.4 Å². The van der Waals surface area contributed by atoms with Gasteiger partial charge in [-0.2, -0.15) is 0 Å². The molecule has 0 aliphatic rings. The first-order valence-corrected chi connectivity index (χ1v) is 5.95. The maximum atomic E-state index is 5.50. The average molecular weight is 242 g/mol. The zero-order valence-electron chi connectivity index (χ0n) is 10.7. The summed E-state index contributed by atoms with van der Waals surface area (Å²) in [7, 11) is 0. The third kappa shape index (κ3) is 2.97. The number of rotatable bonds is 4. The fourth-order valence-electron chi connectivity index (χ4n) is 1.73. The van der Waals surface area contributed by atoms with Gasteiger partial charge in [0, 0.05) is 12.0 Å². The summed E-state index contributed by atoms with van der Waals surface area (Å²) in [5, 5.41) is 3.28. The number of nitrogens with two attached hydrogens (primary N) is 1. The van der Waals surface area contributed by atoms with E-state index >= 15 is 0 Å². The molecule has 0 spiro atoms. The largest absolute Gasteiger partial charge is 0.382 e. The number of aromatic nitrogens is 2. The second-order valence-electron chi connectivity index (χ2n) is 4.93. The van der Waals surface area contributed by atoms with E-state index in [4.69, 9.17) is 5.73 Å². The van der Waals surface area contributed by atoms with Crippen molar-refractivity contribution in [2.24, 2.45) is 0 Å². The predicted molar refractivity (Wildman–Crippen MR) is 74.4 cm³/mol. The number of nitrogen functional groups attached to an aromatic ring is 1. The second kappa shape index (κ2) is 5.04. The highest BCUT2D eigenvalue weighted by molar-refractivity contribution is 5.37. The maximum absolute atomic E-state index is 5.50. The molecular formula is C14H18N4. The molecule has 0 saturated heterocycles. The van der Waals surface area contributed by atoms with Crippen LogP contribution in [0.3, 0.4) is 0 Å². The lowest BCUT2D eigenvalue weighted by atomic mass is 9.85. The summed E-state index contributed by atoms with van der Waals surface area (Å²) in [6, 6.07) is 10.4. The van der Waals surface area contributed by atoms with E-state index in [2.05, 4.69) is 53.4 Å². The number of benzene rings is 1. The molecule has 0 unspecified atom stereocenters. The number of nitrogens with one attached hydrogen (secondary N) is 1. The molecule has 1 heterocycles. The van der Waals surface area contributed by atoms with Crippen LogP contribution in [-0.4, -0.2) is 16.5 Å². The van der Waals surface area contributed by atoms with Crippen LogP contribution < -0.4 is 11.1 Å². The highest BCUT2D eigenvalue weighted by Crippen LogP contribution is 2.22. The SMILES string of the molecule is CC(C)(CNc1cnc(N)cn1)c1ccccc1. The van der Waals surface area contributed by atoms with Crippen LogP contribution in [0.25, 0.3) is 0 Å². The zero-order valence-corrected chi connectivity index (χ0v) is 10.7. The third-order valence-corrected chi connectivity index (χ3v) is 2.94. The van der Waals surface area contributed by atoms with Gasteiger partial charge in [0.1, 0.15) is 11.6 Å². The Morgan fingerprint density at radius 1 is 1.11 bits per heavy atom. The van der Waals surface area contributed by atoms with Crippen molar-refractivity contribution in [3.05, 3.63) is 48.3 Å². The molecule has 0 fully saturated rings. The average Bonchev–Trinajstić information content (AvgIpc) is 2.39. The maximum Gasteiger partial charge on any atom is 0.144 e. The molecule has 1 aromatic heterocycles. The molecule has 0 atom stereocenters. The van der Waals surface area contributed by atoms with E-state index in [1.165, 1.54) is 5.56 Å². The van der Waals surface area contributed by atoms with Crippen molar-refractivity contribution in [1.29, 1.82) is 0 Å². The van der Waals surface area contributed by atoms with Crippen molar-refractivity contribution in [2.45, 2.75) is 19.3 Å². The predicted octanol–water partition coefficient (Wildman–Crippen LogP) is 2.45. The van der Waals surface area contributed by atoms with E-state index < -0.39 is 0 Å². The Bertz CT molecular complexity index is 491.